The molecule has 1 aliphatic heterocycles. The first kappa shape index (κ1) is 33.7. The lowest BCUT2D eigenvalue weighted by molar-refractivity contribution is -0.196. The first-order chi connectivity index (χ1) is 21.4. The van der Waals surface area contributed by atoms with E-state index in [9.17, 15) is 8.42 Å². The second-order valence-corrected chi connectivity index (χ2v) is 18.1. The Bertz CT molecular complexity index is 1300. The van der Waals surface area contributed by atoms with Gasteiger partial charge in [-0.2, -0.15) is 8.42 Å². The largest absolute Gasteiger partial charge is 0.353 e. The summed E-state index contributed by atoms with van der Waals surface area (Å²) in [4.78, 5) is 0.261. The topological polar surface area (TPSA) is 61.8 Å². The number of rotatable bonds is 10. The second-order valence-electron chi connectivity index (χ2n) is 16.6. The van der Waals surface area contributed by atoms with Crippen molar-refractivity contribution in [2.24, 2.45) is 46.3 Å². The van der Waals surface area contributed by atoms with Crippen LogP contribution in [0.1, 0.15) is 124 Å². The molecule has 252 valence electrons. The van der Waals surface area contributed by atoms with Crippen LogP contribution in [0, 0.1) is 53.3 Å². The molecule has 10 atom stereocenters. The number of hydrogen-bond donors (Lipinski definition) is 0. The molecule has 0 bridgehead atoms. The number of fused-ring (bicyclic) bond motifs is 5. The summed E-state index contributed by atoms with van der Waals surface area (Å²) >= 11 is 0. The fraction of sp³-hybridized carbons (Fsp3) is 0.795. The molecule has 45 heavy (non-hydrogen) atoms. The van der Waals surface area contributed by atoms with Gasteiger partial charge in [0.25, 0.3) is 10.1 Å². The molecule has 6 rings (SSSR count). The van der Waals surface area contributed by atoms with E-state index in [-0.39, 0.29) is 34.0 Å². The van der Waals surface area contributed by atoms with Gasteiger partial charge in [0.05, 0.1) is 17.1 Å². The highest BCUT2D eigenvalue weighted by Crippen LogP contribution is 2.68. The molecule has 1 aromatic carbocycles. The molecule has 1 saturated heterocycles. The van der Waals surface area contributed by atoms with Gasteiger partial charge in [-0.05, 0) is 130 Å². The SMILES string of the molecule is Cc1ccc(S(=O)(=O)O[C@@H]2C=C3C[C@@H](OC4CCCCO4)CC[C@]3(C)[C@H]3CC[C@]4(C)[C@@H]([C@H](C)CCCC(C)C)CC[C@H]4[C@H]23)cc1. The second kappa shape index (κ2) is 13.4. The summed E-state index contributed by atoms with van der Waals surface area (Å²) in [5.74, 6) is 3.27. The van der Waals surface area contributed by atoms with E-state index in [1.54, 1.807) is 12.1 Å². The van der Waals surface area contributed by atoms with Crippen LogP contribution < -0.4 is 0 Å². The van der Waals surface area contributed by atoms with Crippen molar-refractivity contribution in [3.05, 3.63) is 41.5 Å². The van der Waals surface area contributed by atoms with Crippen LogP contribution in [-0.4, -0.2) is 33.5 Å². The summed E-state index contributed by atoms with van der Waals surface area (Å²) in [5.41, 5.74) is 2.70. The van der Waals surface area contributed by atoms with E-state index in [1.165, 1.54) is 44.1 Å². The number of ether oxygens (including phenoxy) is 2. The van der Waals surface area contributed by atoms with Crippen molar-refractivity contribution in [2.75, 3.05) is 6.61 Å². The Hall–Kier alpha value is -1.21. The lowest BCUT2D eigenvalue weighted by Crippen LogP contribution is -2.55. The minimum atomic E-state index is -3.92. The van der Waals surface area contributed by atoms with Crippen LogP contribution >= 0.6 is 0 Å². The summed E-state index contributed by atoms with van der Waals surface area (Å²) in [6, 6.07) is 7.14. The van der Waals surface area contributed by atoms with Crippen LogP contribution in [0.15, 0.2) is 40.8 Å². The zero-order valence-electron chi connectivity index (χ0n) is 28.9. The molecule has 6 heteroatoms. The van der Waals surface area contributed by atoms with Gasteiger partial charge >= 0.3 is 0 Å². The van der Waals surface area contributed by atoms with Crippen LogP contribution in [0.3, 0.4) is 0 Å². The predicted molar refractivity (Wildman–Crippen MR) is 180 cm³/mol. The molecular formula is C39H60O5S. The van der Waals surface area contributed by atoms with Crippen molar-refractivity contribution in [1.29, 1.82) is 0 Å². The maximum atomic E-state index is 13.9. The highest BCUT2D eigenvalue weighted by molar-refractivity contribution is 7.86. The lowest BCUT2D eigenvalue weighted by Gasteiger charge is -2.60. The molecule has 4 fully saturated rings. The van der Waals surface area contributed by atoms with Crippen molar-refractivity contribution >= 4 is 10.1 Å². The molecule has 0 spiro atoms. The normalized spacial score (nSPS) is 39.1. The fourth-order valence-corrected chi connectivity index (χ4v) is 11.8. The Balaban J connectivity index is 1.30. The van der Waals surface area contributed by atoms with Gasteiger partial charge in [-0.15, -0.1) is 0 Å². The number of aryl methyl sites for hydroxylation is 1. The average molecular weight is 641 g/mol. The molecule has 1 heterocycles. The van der Waals surface area contributed by atoms with E-state index in [0.29, 0.717) is 23.7 Å². The van der Waals surface area contributed by atoms with Gasteiger partial charge in [-0.25, -0.2) is 0 Å². The van der Waals surface area contributed by atoms with Gasteiger partial charge in [0, 0.05) is 6.61 Å². The summed E-state index contributed by atoms with van der Waals surface area (Å²) < 4.78 is 46.7. The van der Waals surface area contributed by atoms with Gasteiger partial charge < -0.3 is 9.47 Å². The first-order valence-electron chi connectivity index (χ1n) is 18.4. The molecule has 1 unspecified atom stereocenters. The maximum Gasteiger partial charge on any atom is 0.297 e. The van der Waals surface area contributed by atoms with Crippen molar-refractivity contribution in [1.82, 2.24) is 0 Å². The third-order valence-electron chi connectivity index (χ3n) is 13.3. The van der Waals surface area contributed by atoms with Gasteiger partial charge in [-0.3, -0.25) is 4.18 Å². The Kier molecular flexibility index (Phi) is 10.00. The molecule has 0 aromatic heterocycles. The summed E-state index contributed by atoms with van der Waals surface area (Å²) in [5, 5.41) is 0. The van der Waals surface area contributed by atoms with E-state index in [0.717, 1.165) is 63.0 Å². The summed E-state index contributed by atoms with van der Waals surface area (Å²) in [6.45, 7) is 15.0. The van der Waals surface area contributed by atoms with Gasteiger partial charge in [-0.1, -0.05) is 83.2 Å². The standard InChI is InChI=1S/C39H60O5S/c1-26(2)10-9-11-28(4)32-17-18-33-37-34(20-22-39(32,33)6)38(5)21-19-30(43-36-12-7-8-23-42-36)24-29(38)25-35(37)44-45(40,41)31-15-13-27(3)14-16-31/h13-16,25-26,28,30,32-37H,7-12,17-24H2,1-6H3/t28-,30+,32-,33+,34+,35-,36?,37+,38+,39-/m1/s1. The maximum absolute atomic E-state index is 13.9. The minimum absolute atomic E-state index is 0.0632. The third kappa shape index (κ3) is 6.74. The molecule has 0 amide bonds. The van der Waals surface area contributed by atoms with Gasteiger partial charge in [0.15, 0.2) is 6.29 Å². The molecule has 5 nitrogen and oxygen atoms in total. The van der Waals surface area contributed by atoms with Crippen molar-refractivity contribution in [3.8, 4) is 0 Å². The Morgan fingerprint density at radius 2 is 1.71 bits per heavy atom. The van der Waals surface area contributed by atoms with E-state index < -0.39 is 16.2 Å². The first-order valence-corrected chi connectivity index (χ1v) is 19.8. The molecule has 3 saturated carbocycles. The van der Waals surface area contributed by atoms with Gasteiger partial charge in [0.2, 0.25) is 0 Å². The molecule has 1 aromatic rings. The lowest BCUT2D eigenvalue weighted by atomic mass is 9.46. The molecule has 4 aliphatic carbocycles. The Morgan fingerprint density at radius 3 is 2.42 bits per heavy atom. The number of benzene rings is 1. The Labute approximate surface area is 274 Å². The predicted octanol–water partition coefficient (Wildman–Crippen LogP) is 9.63. The van der Waals surface area contributed by atoms with E-state index in [1.807, 2.05) is 19.1 Å². The van der Waals surface area contributed by atoms with Crippen LogP contribution in [0.2, 0.25) is 0 Å². The van der Waals surface area contributed by atoms with Crippen molar-refractivity contribution < 1.29 is 22.1 Å². The molecule has 5 aliphatic rings. The van der Waals surface area contributed by atoms with Crippen molar-refractivity contribution in [2.45, 2.75) is 148 Å². The number of hydrogen-bond acceptors (Lipinski definition) is 5. The fourth-order valence-electron chi connectivity index (χ4n) is 10.8. The zero-order valence-corrected chi connectivity index (χ0v) is 29.7. The highest BCUT2D eigenvalue weighted by Gasteiger charge is 2.62. The van der Waals surface area contributed by atoms with Crippen molar-refractivity contribution in [3.63, 3.8) is 0 Å². The monoisotopic (exact) mass is 640 g/mol. The zero-order chi connectivity index (χ0) is 32.0. The van der Waals surface area contributed by atoms with Crippen LogP contribution in [-0.2, 0) is 23.8 Å². The molecular weight excluding hydrogens is 580 g/mol. The minimum Gasteiger partial charge on any atom is -0.353 e. The molecule has 0 N–H and O–H groups in total. The third-order valence-corrected chi connectivity index (χ3v) is 14.6. The molecule has 0 radical (unpaired) electrons. The Morgan fingerprint density at radius 1 is 0.933 bits per heavy atom. The van der Waals surface area contributed by atoms with E-state index in [2.05, 4.69) is 40.7 Å². The van der Waals surface area contributed by atoms with Crippen LogP contribution in [0.4, 0.5) is 0 Å². The van der Waals surface area contributed by atoms with E-state index in [4.69, 9.17) is 13.7 Å². The quantitative estimate of drug-likeness (QED) is 0.188. The van der Waals surface area contributed by atoms with Crippen LogP contribution in [0.5, 0.6) is 0 Å². The average Bonchev–Trinajstić information content (AvgIpc) is 3.35. The van der Waals surface area contributed by atoms with Gasteiger partial charge in [0.1, 0.15) is 0 Å². The summed E-state index contributed by atoms with van der Waals surface area (Å²) in [6.07, 6.45) is 16.8. The highest BCUT2D eigenvalue weighted by atomic mass is 32.2. The summed E-state index contributed by atoms with van der Waals surface area (Å²) in [7, 11) is -3.92. The van der Waals surface area contributed by atoms with Crippen LogP contribution in [0.25, 0.3) is 0 Å². The van der Waals surface area contributed by atoms with E-state index >= 15 is 0 Å². The smallest absolute Gasteiger partial charge is 0.297 e.